The molecule has 3 fully saturated rings. The van der Waals surface area contributed by atoms with Gasteiger partial charge in [-0.3, -0.25) is 0 Å². The van der Waals surface area contributed by atoms with Crippen molar-refractivity contribution in [3.8, 4) is 0 Å². The molecule has 1 saturated carbocycles. The van der Waals surface area contributed by atoms with Gasteiger partial charge in [0.15, 0.2) is 5.79 Å². The summed E-state index contributed by atoms with van der Waals surface area (Å²) in [6.07, 6.45) is 3.99. The van der Waals surface area contributed by atoms with E-state index in [2.05, 4.69) is 27.7 Å². The molecular formula is C17H23N3O3. The van der Waals surface area contributed by atoms with E-state index in [1.54, 1.807) is 0 Å². The van der Waals surface area contributed by atoms with Crippen molar-refractivity contribution in [1.29, 1.82) is 0 Å². The Bertz CT molecular complexity index is 555. The second-order valence-electron chi connectivity index (χ2n) is 6.51. The monoisotopic (exact) mass is 317 g/mol. The quantitative estimate of drug-likeness (QED) is 0.898. The minimum Gasteiger partial charge on any atom is -0.371 e. The highest BCUT2D eigenvalue weighted by atomic mass is 16.7. The summed E-state index contributed by atoms with van der Waals surface area (Å²) < 4.78 is 11.5. The van der Waals surface area contributed by atoms with Gasteiger partial charge in [-0.05, 0) is 37.1 Å². The predicted molar refractivity (Wildman–Crippen MR) is 87.7 cm³/mol. The summed E-state index contributed by atoms with van der Waals surface area (Å²) in [6.45, 7) is 3.27. The van der Waals surface area contributed by atoms with Gasteiger partial charge in [-0.1, -0.05) is 0 Å². The van der Waals surface area contributed by atoms with E-state index in [9.17, 15) is 4.79 Å². The van der Waals surface area contributed by atoms with E-state index in [0.717, 1.165) is 44.5 Å². The zero-order valence-corrected chi connectivity index (χ0v) is 13.2. The van der Waals surface area contributed by atoms with E-state index in [1.807, 2.05) is 12.1 Å². The minimum absolute atomic E-state index is 0.115. The van der Waals surface area contributed by atoms with Gasteiger partial charge in [-0.25, -0.2) is 4.79 Å². The van der Waals surface area contributed by atoms with Crippen LogP contribution in [0, 0.1) is 0 Å². The number of piperidine rings is 1. The van der Waals surface area contributed by atoms with E-state index in [4.69, 9.17) is 9.47 Å². The maximum atomic E-state index is 11.7. The molecule has 0 atom stereocenters. The second-order valence-corrected chi connectivity index (χ2v) is 6.51. The molecule has 124 valence electrons. The number of anilines is 2. The summed E-state index contributed by atoms with van der Waals surface area (Å²) in [6, 6.07) is 8.27. The first-order valence-electron chi connectivity index (χ1n) is 8.43. The molecule has 4 rings (SSSR count). The third kappa shape index (κ3) is 3.43. The highest BCUT2D eigenvalue weighted by Crippen LogP contribution is 2.33. The molecule has 1 aromatic rings. The lowest BCUT2D eigenvalue weighted by Crippen LogP contribution is -2.45. The molecule has 1 aromatic carbocycles. The first kappa shape index (κ1) is 14.8. The molecule has 3 aliphatic rings. The van der Waals surface area contributed by atoms with Gasteiger partial charge in [-0.15, -0.1) is 0 Å². The van der Waals surface area contributed by atoms with Crippen LogP contribution in [0.2, 0.25) is 0 Å². The lowest BCUT2D eigenvalue weighted by atomic mass is 10.0. The number of hydrogen-bond donors (Lipinski definition) is 2. The van der Waals surface area contributed by atoms with Gasteiger partial charge < -0.3 is 25.0 Å². The van der Waals surface area contributed by atoms with Crippen LogP contribution in [0.5, 0.6) is 0 Å². The average Bonchev–Trinajstić information content (AvgIpc) is 3.26. The number of rotatable bonds is 3. The molecule has 1 spiro atoms. The standard InChI is InChI=1S/C17H23N3O3/c21-16(18-13-1-2-13)19-14-3-5-15(6-4-14)20-9-7-17(8-10-20)22-11-12-23-17/h3-6,13H,1-2,7-12H2,(H2,18,19,21). The number of carbonyl (C=O) groups excluding carboxylic acids is 1. The summed E-state index contributed by atoms with van der Waals surface area (Å²) in [5.41, 5.74) is 1.99. The summed E-state index contributed by atoms with van der Waals surface area (Å²) >= 11 is 0. The molecule has 2 aliphatic heterocycles. The molecular weight excluding hydrogens is 294 g/mol. The van der Waals surface area contributed by atoms with Crippen molar-refractivity contribution < 1.29 is 14.3 Å². The van der Waals surface area contributed by atoms with E-state index >= 15 is 0 Å². The average molecular weight is 317 g/mol. The third-order valence-corrected chi connectivity index (χ3v) is 4.74. The van der Waals surface area contributed by atoms with Crippen molar-refractivity contribution in [3.63, 3.8) is 0 Å². The molecule has 23 heavy (non-hydrogen) atoms. The fourth-order valence-corrected chi connectivity index (χ4v) is 3.23. The second kappa shape index (κ2) is 6.02. The Hall–Kier alpha value is -1.79. The van der Waals surface area contributed by atoms with Crippen LogP contribution in [-0.2, 0) is 9.47 Å². The van der Waals surface area contributed by atoms with Crippen molar-refractivity contribution in [3.05, 3.63) is 24.3 Å². The van der Waals surface area contributed by atoms with Crippen molar-refractivity contribution in [2.45, 2.75) is 37.5 Å². The van der Waals surface area contributed by atoms with Crippen LogP contribution in [0.4, 0.5) is 16.2 Å². The molecule has 2 N–H and O–H groups in total. The third-order valence-electron chi connectivity index (χ3n) is 4.74. The fourth-order valence-electron chi connectivity index (χ4n) is 3.23. The first-order chi connectivity index (χ1) is 11.2. The van der Waals surface area contributed by atoms with Crippen LogP contribution < -0.4 is 15.5 Å². The zero-order valence-electron chi connectivity index (χ0n) is 13.2. The van der Waals surface area contributed by atoms with Crippen LogP contribution in [0.3, 0.4) is 0 Å². The maximum Gasteiger partial charge on any atom is 0.319 e. The number of carbonyl (C=O) groups is 1. The van der Waals surface area contributed by atoms with Gasteiger partial charge in [-0.2, -0.15) is 0 Å². The Labute approximate surface area is 136 Å². The lowest BCUT2D eigenvalue weighted by Gasteiger charge is -2.38. The van der Waals surface area contributed by atoms with Crippen molar-refractivity contribution in [2.24, 2.45) is 0 Å². The Morgan fingerprint density at radius 2 is 1.74 bits per heavy atom. The topological polar surface area (TPSA) is 62.8 Å². The number of ether oxygens (including phenoxy) is 2. The zero-order chi connectivity index (χ0) is 15.7. The molecule has 0 radical (unpaired) electrons. The van der Waals surface area contributed by atoms with Gasteiger partial charge >= 0.3 is 6.03 Å². The Kier molecular flexibility index (Phi) is 3.87. The number of benzene rings is 1. The predicted octanol–water partition coefficient (Wildman–Crippen LogP) is 2.31. The van der Waals surface area contributed by atoms with Crippen LogP contribution in [0.15, 0.2) is 24.3 Å². The van der Waals surface area contributed by atoms with Crippen LogP contribution in [-0.4, -0.2) is 44.2 Å². The number of amides is 2. The van der Waals surface area contributed by atoms with Crippen LogP contribution in [0.1, 0.15) is 25.7 Å². The molecule has 2 heterocycles. The van der Waals surface area contributed by atoms with Crippen LogP contribution in [0.25, 0.3) is 0 Å². The van der Waals surface area contributed by atoms with Gasteiger partial charge in [0.25, 0.3) is 0 Å². The van der Waals surface area contributed by atoms with Crippen molar-refractivity contribution in [2.75, 3.05) is 36.5 Å². The molecule has 2 saturated heterocycles. The Morgan fingerprint density at radius 1 is 1.09 bits per heavy atom. The summed E-state index contributed by atoms with van der Waals surface area (Å²) in [5.74, 6) is -0.334. The van der Waals surface area contributed by atoms with Crippen molar-refractivity contribution in [1.82, 2.24) is 5.32 Å². The summed E-state index contributed by atoms with van der Waals surface area (Å²) in [7, 11) is 0. The summed E-state index contributed by atoms with van der Waals surface area (Å²) in [4.78, 5) is 14.1. The van der Waals surface area contributed by atoms with Gasteiger partial charge in [0, 0.05) is 43.3 Å². The van der Waals surface area contributed by atoms with E-state index < -0.39 is 0 Å². The van der Waals surface area contributed by atoms with Crippen molar-refractivity contribution >= 4 is 17.4 Å². The molecule has 0 unspecified atom stereocenters. The smallest absolute Gasteiger partial charge is 0.319 e. The molecule has 6 heteroatoms. The largest absolute Gasteiger partial charge is 0.371 e. The molecule has 1 aliphatic carbocycles. The molecule has 0 aromatic heterocycles. The van der Waals surface area contributed by atoms with Crippen LogP contribution >= 0.6 is 0 Å². The summed E-state index contributed by atoms with van der Waals surface area (Å²) in [5, 5.41) is 5.79. The maximum absolute atomic E-state index is 11.7. The number of hydrogen-bond acceptors (Lipinski definition) is 4. The highest BCUT2D eigenvalue weighted by Gasteiger charge is 2.39. The SMILES string of the molecule is O=C(Nc1ccc(N2CCC3(CC2)OCCO3)cc1)NC1CC1. The van der Waals surface area contributed by atoms with Gasteiger partial charge in [0.2, 0.25) is 0 Å². The highest BCUT2D eigenvalue weighted by molar-refractivity contribution is 5.89. The molecule has 6 nitrogen and oxygen atoms in total. The molecule has 2 amide bonds. The van der Waals surface area contributed by atoms with Gasteiger partial charge in [0.1, 0.15) is 0 Å². The lowest BCUT2D eigenvalue weighted by molar-refractivity contribution is -0.169. The van der Waals surface area contributed by atoms with E-state index in [0.29, 0.717) is 19.3 Å². The van der Waals surface area contributed by atoms with E-state index in [1.165, 1.54) is 5.69 Å². The fraction of sp³-hybridized carbons (Fsp3) is 0.588. The van der Waals surface area contributed by atoms with E-state index in [-0.39, 0.29) is 11.8 Å². The molecule has 0 bridgehead atoms. The minimum atomic E-state index is -0.334. The first-order valence-corrected chi connectivity index (χ1v) is 8.43. The number of nitrogens with one attached hydrogen (secondary N) is 2. The number of urea groups is 1. The normalized spacial score (nSPS) is 23.0. The number of nitrogens with zero attached hydrogens (tertiary/aromatic N) is 1. The van der Waals surface area contributed by atoms with Gasteiger partial charge in [0.05, 0.1) is 13.2 Å². The Balaban J connectivity index is 1.32. The Morgan fingerprint density at radius 3 is 2.35 bits per heavy atom.